The van der Waals surface area contributed by atoms with Crippen molar-refractivity contribution in [2.75, 3.05) is 19.7 Å². The van der Waals surface area contributed by atoms with E-state index in [2.05, 4.69) is 11.8 Å². The highest BCUT2D eigenvalue weighted by Crippen LogP contribution is 2.32. The molecule has 19 heavy (non-hydrogen) atoms. The summed E-state index contributed by atoms with van der Waals surface area (Å²) in [5.41, 5.74) is 0. The lowest BCUT2D eigenvalue weighted by Gasteiger charge is -2.41. The van der Waals surface area contributed by atoms with E-state index in [1.165, 1.54) is 38.6 Å². The van der Waals surface area contributed by atoms with Crippen LogP contribution in [0, 0.1) is 11.8 Å². The van der Waals surface area contributed by atoms with Crippen molar-refractivity contribution < 1.29 is 9.53 Å². The van der Waals surface area contributed by atoms with Gasteiger partial charge >= 0.3 is 5.97 Å². The van der Waals surface area contributed by atoms with E-state index in [-0.39, 0.29) is 11.9 Å². The Morgan fingerprint density at radius 1 is 1.21 bits per heavy atom. The van der Waals surface area contributed by atoms with Gasteiger partial charge in [-0.25, -0.2) is 0 Å². The van der Waals surface area contributed by atoms with Gasteiger partial charge in [-0.1, -0.05) is 26.2 Å². The largest absolute Gasteiger partial charge is 0.466 e. The molecule has 3 nitrogen and oxygen atoms in total. The molecule has 3 heteroatoms. The summed E-state index contributed by atoms with van der Waals surface area (Å²) in [5.74, 6) is 1.05. The van der Waals surface area contributed by atoms with E-state index < -0.39 is 0 Å². The van der Waals surface area contributed by atoms with E-state index in [0.29, 0.717) is 6.61 Å². The molecule has 0 radical (unpaired) electrons. The zero-order valence-electron chi connectivity index (χ0n) is 12.6. The van der Waals surface area contributed by atoms with Gasteiger partial charge < -0.3 is 4.74 Å². The maximum absolute atomic E-state index is 11.9. The molecule has 0 bridgehead atoms. The second kappa shape index (κ2) is 7.28. The molecular formula is C16H29NO2. The van der Waals surface area contributed by atoms with Crippen LogP contribution in [-0.2, 0) is 9.53 Å². The van der Waals surface area contributed by atoms with Crippen molar-refractivity contribution in [3.63, 3.8) is 0 Å². The third-order valence-electron chi connectivity index (χ3n) is 4.92. The summed E-state index contributed by atoms with van der Waals surface area (Å²) < 4.78 is 5.19. The van der Waals surface area contributed by atoms with Crippen molar-refractivity contribution >= 4 is 5.97 Å². The highest BCUT2D eigenvalue weighted by atomic mass is 16.5. The van der Waals surface area contributed by atoms with Crippen molar-refractivity contribution in [1.82, 2.24) is 4.90 Å². The number of carbonyl (C=O) groups excluding carboxylic acids is 1. The first-order chi connectivity index (χ1) is 9.24. The van der Waals surface area contributed by atoms with E-state index in [4.69, 9.17) is 4.74 Å². The fourth-order valence-corrected chi connectivity index (χ4v) is 3.76. The first-order valence-electron chi connectivity index (χ1n) is 8.15. The Morgan fingerprint density at radius 3 is 2.79 bits per heavy atom. The normalized spacial score (nSPS) is 33.1. The van der Waals surface area contributed by atoms with E-state index in [9.17, 15) is 4.79 Å². The number of esters is 1. The van der Waals surface area contributed by atoms with Crippen molar-refractivity contribution in [1.29, 1.82) is 0 Å². The molecule has 1 aliphatic heterocycles. The van der Waals surface area contributed by atoms with E-state index in [0.717, 1.165) is 31.3 Å². The Balaban J connectivity index is 1.87. The number of likely N-dealkylation sites (tertiary alicyclic amines) is 1. The molecule has 0 N–H and O–H groups in total. The van der Waals surface area contributed by atoms with Gasteiger partial charge in [0.1, 0.15) is 0 Å². The highest BCUT2D eigenvalue weighted by Gasteiger charge is 2.32. The molecule has 1 saturated carbocycles. The molecule has 0 aromatic carbocycles. The van der Waals surface area contributed by atoms with Crippen molar-refractivity contribution in [3.05, 3.63) is 0 Å². The third-order valence-corrected chi connectivity index (χ3v) is 4.92. The average Bonchev–Trinajstić information content (AvgIpc) is 2.48. The second-order valence-corrected chi connectivity index (χ2v) is 6.18. The van der Waals surface area contributed by atoms with Crippen molar-refractivity contribution in [2.24, 2.45) is 11.8 Å². The molecule has 1 saturated heterocycles. The lowest BCUT2D eigenvalue weighted by atomic mass is 9.82. The van der Waals surface area contributed by atoms with Gasteiger partial charge in [0.25, 0.3) is 0 Å². The van der Waals surface area contributed by atoms with Crippen LogP contribution < -0.4 is 0 Å². The summed E-state index contributed by atoms with van der Waals surface area (Å²) in [7, 11) is 0. The molecule has 2 rings (SSSR count). The molecule has 2 fully saturated rings. The van der Waals surface area contributed by atoms with Crippen LogP contribution in [-0.4, -0.2) is 36.6 Å². The molecule has 0 amide bonds. The van der Waals surface area contributed by atoms with Crippen LogP contribution in [0.5, 0.6) is 0 Å². The van der Waals surface area contributed by atoms with Gasteiger partial charge in [-0.15, -0.1) is 0 Å². The number of hydrogen-bond acceptors (Lipinski definition) is 3. The van der Waals surface area contributed by atoms with E-state index in [1.54, 1.807) is 0 Å². The highest BCUT2D eigenvalue weighted by molar-refractivity contribution is 5.72. The van der Waals surface area contributed by atoms with Gasteiger partial charge in [0, 0.05) is 12.6 Å². The van der Waals surface area contributed by atoms with Crippen LogP contribution in [0.15, 0.2) is 0 Å². The molecule has 1 aliphatic carbocycles. The lowest BCUT2D eigenvalue weighted by Crippen LogP contribution is -2.46. The zero-order chi connectivity index (χ0) is 13.7. The average molecular weight is 267 g/mol. The lowest BCUT2D eigenvalue weighted by molar-refractivity contribution is -0.150. The molecule has 2 aliphatic rings. The van der Waals surface area contributed by atoms with Crippen LogP contribution in [0.1, 0.15) is 58.8 Å². The van der Waals surface area contributed by atoms with Gasteiger partial charge in [-0.05, 0) is 45.1 Å². The van der Waals surface area contributed by atoms with Gasteiger partial charge in [0.05, 0.1) is 12.5 Å². The smallest absolute Gasteiger partial charge is 0.310 e. The predicted octanol–water partition coefficient (Wildman–Crippen LogP) is 3.23. The standard InChI is InChI=1S/C16H29NO2/c1-3-13-7-5-9-15(11-13)17-10-6-8-14(12-17)16(18)19-4-2/h13-15H,3-12H2,1-2H3. The molecule has 0 aromatic heterocycles. The summed E-state index contributed by atoms with van der Waals surface area (Å²) in [4.78, 5) is 14.5. The summed E-state index contributed by atoms with van der Waals surface area (Å²) >= 11 is 0. The summed E-state index contributed by atoms with van der Waals surface area (Å²) in [6.07, 6.45) is 8.91. The summed E-state index contributed by atoms with van der Waals surface area (Å²) in [6, 6.07) is 0.718. The van der Waals surface area contributed by atoms with Crippen molar-refractivity contribution in [3.8, 4) is 0 Å². The minimum Gasteiger partial charge on any atom is -0.466 e. The Kier molecular flexibility index (Phi) is 5.68. The van der Waals surface area contributed by atoms with Gasteiger partial charge in [-0.3, -0.25) is 9.69 Å². The maximum atomic E-state index is 11.9. The number of rotatable bonds is 4. The van der Waals surface area contributed by atoms with Gasteiger partial charge in [0.15, 0.2) is 0 Å². The molecule has 110 valence electrons. The van der Waals surface area contributed by atoms with Crippen LogP contribution in [0.25, 0.3) is 0 Å². The van der Waals surface area contributed by atoms with Crippen LogP contribution in [0.2, 0.25) is 0 Å². The number of piperidine rings is 1. The first kappa shape index (κ1) is 14.8. The topological polar surface area (TPSA) is 29.5 Å². The van der Waals surface area contributed by atoms with E-state index >= 15 is 0 Å². The molecule has 1 heterocycles. The Morgan fingerprint density at radius 2 is 2.05 bits per heavy atom. The quantitative estimate of drug-likeness (QED) is 0.732. The molecule has 0 aromatic rings. The van der Waals surface area contributed by atoms with Gasteiger partial charge in [-0.2, -0.15) is 0 Å². The van der Waals surface area contributed by atoms with Crippen LogP contribution >= 0.6 is 0 Å². The second-order valence-electron chi connectivity index (χ2n) is 6.18. The van der Waals surface area contributed by atoms with Crippen molar-refractivity contribution in [2.45, 2.75) is 64.8 Å². The Bertz CT molecular complexity index is 292. The zero-order valence-corrected chi connectivity index (χ0v) is 12.6. The molecule has 0 spiro atoms. The third kappa shape index (κ3) is 3.95. The Labute approximate surface area is 117 Å². The molecule has 3 atom stereocenters. The van der Waals surface area contributed by atoms with Crippen LogP contribution in [0.4, 0.5) is 0 Å². The fraction of sp³-hybridized carbons (Fsp3) is 0.938. The summed E-state index contributed by atoms with van der Waals surface area (Å²) in [5, 5.41) is 0. The number of nitrogens with zero attached hydrogens (tertiary/aromatic N) is 1. The van der Waals surface area contributed by atoms with Gasteiger partial charge in [0.2, 0.25) is 0 Å². The molecular weight excluding hydrogens is 238 g/mol. The Hall–Kier alpha value is -0.570. The minimum absolute atomic E-state index is 0.0232. The fourth-order valence-electron chi connectivity index (χ4n) is 3.76. The number of carbonyl (C=O) groups is 1. The minimum atomic E-state index is 0.0232. The van der Waals surface area contributed by atoms with E-state index in [1.807, 2.05) is 6.92 Å². The number of ether oxygens (including phenoxy) is 1. The first-order valence-corrected chi connectivity index (χ1v) is 8.15. The monoisotopic (exact) mass is 267 g/mol. The SMILES string of the molecule is CCOC(=O)C1CCCN(C2CCCC(CC)C2)C1. The maximum Gasteiger partial charge on any atom is 0.310 e. The summed E-state index contributed by atoms with van der Waals surface area (Å²) in [6.45, 7) is 6.82. The predicted molar refractivity (Wildman–Crippen MR) is 77.0 cm³/mol. The molecule has 3 unspecified atom stereocenters. The number of hydrogen-bond donors (Lipinski definition) is 0. The van der Waals surface area contributed by atoms with Crippen LogP contribution in [0.3, 0.4) is 0 Å².